The zero-order valence-electron chi connectivity index (χ0n) is 10.9. The number of nitrogens with two attached hydrogens (primary N) is 1. The Hall–Kier alpha value is -0.130. The van der Waals surface area contributed by atoms with Crippen LogP contribution in [0.3, 0.4) is 0 Å². The van der Waals surface area contributed by atoms with Crippen LogP contribution in [-0.4, -0.2) is 39.7 Å². The third-order valence-electron chi connectivity index (χ3n) is 3.73. The van der Waals surface area contributed by atoms with Crippen LogP contribution in [0.1, 0.15) is 32.6 Å². The van der Waals surface area contributed by atoms with Crippen molar-refractivity contribution in [1.29, 1.82) is 0 Å². The molecule has 0 radical (unpaired) electrons. The molecule has 0 aliphatic heterocycles. The molecule has 1 aliphatic rings. The number of rotatable bonds is 6. The Morgan fingerprint density at radius 2 is 2.06 bits per heavy atom. The van der Waals surface area contributed by atoms with Crippen LogP contribution in [0.15, 0.2) is 0 Å². The van der Waals surface area contributed by atoms with E-state index < -0.39 is 9.84 Å². The highest BCUT2D eigenvalue weighted by Crippen LogP contribution is 2.33. The standard InChI is InChI=1S/C12H25NO3S/c1-10-4-5-11(9-13)12(8-10)17(14,15)7-3-6-16-2/h10-12H,3-9,13H2,1-2H3. The van der Waals surface area contributed by atoms with Gasteiger partial charge < -0.3 is 10.5 Å². The number of methoxy groups -OCH3 is 1. The molecule has 0 amide bonds. The maximum atomic E-state index is 12.3. The van der Waals surface area contributed by atoms with Crippen LogP contribution in [0.2, 0.25) is 0 Å². The van der Waals surface area contributed by atoms with Crippen molar-refractivity contribution in [1.82, 2.24) is 0 Å². The van der Waals surface area contributed by atoms with Gasteiger partial charge in [-0.15, -0.1) is 0 Å². The van der Waals surface area contributed by atoms with Crippen LogP contribution in [0.4, 0.5) is 0 Å². The molecule has 102 valence electrons. The van der Waals surface area contributed by atoms with Gasteiger partial charge in [0.15, 0.2) is 9.84 Å². The van der Waals surface area contributed by atoms with E-state index in [2.05, 4.69) is 6.92 Å². The van der Waals surface area contributed by atoms with E-state index in [1.165, 1.54) is 0 Å². The molecule has 0 spiro atoms. The molecule has 1 fully saturated rings. The summed E-state index contributed by atoms with van der Waals surface area (Å²) < 4.78 is 29.4. The summed E-state index contributed by atoms with van der Waals surface area (Å²) >= 11 is 0. The summed E-state index contributed by atoms with van der Waals surface area (Å²) in [7, 11) is -1.41. The summed E-state index contributed by atoms with van der Waals surface area (Å²) in [5.74, 6) is 0.882. The third-order valence-corrected chi connectivity index (χ3v) is 6.09. The first-order chi connectivity index (χ1) is 8.01. The molecular weight excluding hydrogens is 238 g/mol. The normalized spacial score (nSPS) is 30.4. The highest BCUT2D eigenvalue weighted by atomic mass is 32.2. The van der Waals surface area contributed by atoms with Gasteiger partial charge in [-0.3, -0.25) is 0 Å². The molecule has 1 rings (SSSR count). The van der Waals surface area contributed by atoms with E-state index >= 15 is 0 Å². The van der Waals surface area contributed by atoms with E-state index in [9.17, 15) is 8.42 Å². The molecule has 0 saturated heterocycles. The Bertz CT molecular complexity index is 316. The Balaban J connectivity index is 2.65. The lowest BCUT2D eigenvalue weighted by Crippen LogP contribution is -2.40. The summed E-state index contributed by atoms with van der Waals surface area (Å²) in [4.78, 5) is 0. The lowest BCUT2D eigenvalue weighted by molar-refractivity contribution is 0.199. The quantitative estimate of drug-likeness (QED) is 0.731. The van der Waals surface area contributed by atoms with Crippen molar-refractivity contribution in [2.75, 3.05) is 26.0 Å². The second-order valence-electron chi connectivity index (χ2n) is 5.17. The molecule has 0 aromatic carbocycles. The van der Waals surface area contributed by atoms with Crippen molar-refractivity contribution >= 4 is 9.84 Å². The summed E-state index contributed by atoms with van der Waals surface area (Å²) in [6.45, 7) is 3.13. The molecule has 3 unspecified atom stereocenters. The van der Waals surface area contributed by atoms with Gasteiger partial charge in [0.25, 0.3) is 0 Å². The number of ether oxygens (including phenoxy) is 1. The summed E-state index contributed by atoms with van der Waals surface area (Å²) in [5, 5.41) is -0.229. The Morgan fingerprint density at radius 1 is 1.35 bits per heavy atom. The molecule has 0 heterocycles. The first kappa shape index (κ1) is 14.9. The molecule has 1 saturated carbocycles. The Kier molecular flexibility index (Phi) is 5.89. The van der Waals surface area contributed by atoms with Gasteiger partial charge in [-0.05, 0) is 37.6 Å². The fraction of sp³-hybridized carbons (Fsp3) is 1.00. The Labute approximate surface area is 105 Å². The maximum absolute atomic E-state index is 12.3. The molecule has 0 bridgehead atoms. The van der Waals surface area contributed by atoms with Crippen LogP contribution in [0, 0.1) is 11.8 Å². The maximum Gasteiger partial charge on any atom is 0.153 e. The molecule has 4 nitrogen and oxygen atoms in total. The van der Waals surface area contributed by atoms with Crippen molar-refractivity contribution in [3.8, 4) is 0 Å². The first-order valence-corrected chi connectivity index (χ1v) is 8.13. The zero-order chi connectivity index (χ0) is 12.9. The van der Waals surface area contributed by atoms with Gasteiger partial charge in [0.2, 0.25) is 0 Å². The summed E-state index contributed by atoms with van der Waals surface area (Å²) in [6, 6.07) is 0. The van der Waals surface area contributed by atoms with E-state index in [4.69, 9.17) is 10.5 Å². The van der Waals surface area contributed by atoms with E-state index in [1.54, 1.807) is 7.11 Å². The molecule has 2 N–H and O–H groups in total. The minimum Gasteiger partial charge on any atom is -0.385 e. The smallest absolute Gasteiger partial charge is 0.153 e. The lowest BCUT2D eigenvalue weighted by Gasteiger charge is -2.33. The highest BCUT2D eigenvalue weighted by Gasteiger charge is 2.36. The van der Waals surface area contributed by atoms with E-state index in [0.29, 0.717) is 25.5 Å². The SMILES string of the molecule is COCCCS(=O)(=O)C1CC(C)CCC1CN. The van der Waals surface area contributed by atoms with E-state index in [1.807, 2.05) is 0 Å². The fourth-order valence-corrected chi connectivity index (χ4v) is 4.93. The Morgan fingerprint density at radius 3 is 2.65 bits per heavy atom. The van der Waals surface area contributed by atoms with Crippen LogP contribution in [0.5, 0.6) is 0 Å². The van der Waals surface area contributed by atoms with Crippen LogP contribution >= 0.6 is 0 Å². The van der Waals surface area contributed by atoms with E-state index in [-0.39, 0.29) is 16.9 Å². The molecule has 0 aromatic heterocycles. The first-order valence-electron chi connectivity index (χ1n) is 6.41. The fourth-order valence-electron chi connectivity index (χ4n) is 2.66. The lowest BCUT2D eigenvalue weighted by atomic mass is 9.82. The van der Waals surface area contributed by atoms with E-state index in [0.717, 1.165) is 19.3 Å². The second-order valence-corrected chi connectivity index (χ2v) is 7.51. The summed E-state index contributed by atoms with van der Waals surface area (Å²) in [6.07, 6.45) is 3.41. The van der Waals surface area contributed by atoms with Crippen molar-refractivity contribution in [3.63, 3.8) is 0 Å². The van der Waals surface area contributed by atoms with Gasteiger partial charge in [0, 0.05) is 13.7 Å². The second kappa shape index (κ2) is 6.71. The average Bonchev–Trinajstić information content (AvgIpc) is 2.29. The predicted octanol–water partition coefficient (Wildman–Crippen LogP) is 1.20. The van der Waals surface area contributed by atoms with Crippen LogP contribution < -0.4 is 5.73 Å². The molecule has 0 aromatic rings. The van der Waals surface area contributed by atoms with Crippen molar-refractivity contribution in [2.45, 2.75) is 37.9 Å². The predicted molar refractivity (Wildman–Crippen MR) is 69.6 cm³/mol. The third kappa shape index (κ3) is 4.23. The highest BCUT2D eigenvalue weighted by molar-refractivity contribution is 7.92. The molecule has 1 aliphatic carbocycles. The topological polar surface area (TPSA) is 69.4 Å². The molecule has 5 heteroatoms. The van der Waals surface area contributed by atoms with Crippen molar-refractivity contribution < 1.29 is 13.2 Å². The minimum atomic E-state index is -3.01. The van der Waals surface area contributed by atoms with Crippen molar-refractivity contribution in [2.24, 2.45) is 17.6 Å². The van der Waals surface area contributed by atoms with Gasteiger partial charge >= 0.3 is 0 Å². The van der Waals surface area contributed by atoms with Gasteiger partial charge in [-0.2, -0.15) is 0 Å². The molecule has 3 atom stereocenters. The van der Waals surface area contributed by atoms with Crippen LogP contribution in [-0.2, 0) is 14.6 Å². The van der Waals surface area contributed by atoms with Gasteiger partial charge in [-0.1, -0.05) is 13.3 Å². The van der Waals surface area contributed by atoms with Gasteiger partial charge in [0.1, 0.15) is 0 Å². The van der Waals surface area contributed by atoms with Crippen molar-refractivity contribution in [3.05, 3.63) is 0 Å². The zero-order valence-corrected chi connectivity index (χ0v) is 11.7. The number of sulfone groups is 1. The minimum absolute atomic E-state index is 0.152. The number of hydrogen-bond acceptors (Lipinski definition) is 4. The average molecular weight is 263 g/mol. The number of hydrogen-bond donors (Lipinski definition) is 1. The van der Waals surface area contributed by atoms with Crippen LogP contribution in [0.25, 0.3) is 0 Å². The molecular formula is C12H25NO3S. The van der Waals surface area contributed by atoms with Gasteiger partial charge in [-0.25, -0.2) is 8.42 Å². The monoisotopic (exact) mass is 263 g/mol. The largest absolute Gasteiger partial charge is 0.385 e. The molecule has 17 heavy (non-hydrogen) atoms. The summed E-state index contributed by atoms with van der Waals surface area (Å²) in [5.41, 5.74) is 5.70. The van der Waals surface area contributed by atoms with Gasteiger partial charge in [0.05, 0.1) is 11.0 Å².